The van der Waals surface area contributed by atoms with E-state index < -0.39 is 0 Å². The number of likely N-dealkylation sites (N-methyl/N-ethyl adjacent to an activating group) is 1. The first kappa shape index (κ1) is 19.8. The number of hydrogen-bond donors (Lipinski definition) is 2. The van der Waals surface area contributed by atoms with Gasteiger partial charge in [-0.3, -0.25) is 4.79 Å². The number of benzene rings is 2. The quantitative estimate of drug-likeness (QED) is 0.694. The second-order valence-corrected chi connectivity index (χ2v) is 7.64. The zero-order valence-corrected chi connectivity index (χ0v) is 17.3. The molecule has 146 valence electrons. The minimum absolute atomic E-state index is 0.000678. The number of hydrogen-bond acceptors (Lipinski definition) is 2. The van der Waals surface area contributed by atoms with Crippen LogP contribution in [0.5, 0.6) is 0 Å². The first-order chi connectivity index (χ1) is 13.3. The van der Waals surface area contributed by atoms with Crippen LogP contribution in [-0.2, 0) is 11.3 Å². The molecule has 0 radical (unpaired) electrons. The van der Waals surface area contributed by atoms with Gasteiger partial charge in [0.1, 0.15) is 6.54 Å². The second-order valence-electron chi connectivity index (χ2n) is 7.64. The van der Waals surface area contributed by atoms with E-state index in [1.807, 2.05) is 37.7 Å². The average Bonchev–Trinajstić information content (AvgIpc) is 2.92. The third-order valence-electron chi connectivity index (χ3n) is 4.92. The number of carbonyl (C=O) groups is 1. The molecule has 1 atom stereocenters. The van der Waals surface area contributed by atoms with Crippen LogP contribution in [0.2, 0.25) is 0 Å². The highest BCUT2D eigenvalue weighted by Gasteiger charge is 2.17. The predicted molar refractivity (Wildman–Crippen MR) is 113 cm³/mol. The van der Waals surface area contributed by atoms with Gasteiger partial charge in [-0.1, -0.05) is 47.5 Å². The fraction of sp³-hybridized carbons (Fsp3) is 0.304. The number of carbonyl (C=O) groups excluding carboxylic acids is 1. The van der Waals surface area contributed by atoms with Crippen molar-refractivity contribution in [2.75, 3.05) is 18.9 Å². The van der Waals surface area contributed by atoms with Crippen molar-refractivity contribution in [3.63, 3.8) is 0 Å². The Hall–Kier alpha value is -2.92. The van der Waals surface area contributed by atoms with Gasteiger partial charge in [-0.05, 0) is 39.8 Å². The zero-order chi connectivity index (χ0) is 20.3. The SMILES string of the molecule is Cc1ccc(C[NH+](C)CC(=O)Nc2c(C)nn(-c3ccc(C)cc3)c2C)cc1. The molecule has 0 aliphatic rings. The normalized spacial score (nSPS) is 12.0. The molecule has 0 saturated heterocycles. The van der Waals surface area contributed by atoms with Crippen LogP contribution < -0.4 is 10.2 Å². The van der Waals surface area contributed by atoms with Gasteiger partial charge in [-0.25, -0.2) is 4.68 Å². The van der Waals surface area contributed by atoms with Crippen LogP contribution in [0, 0.1) is 27.7 Å². The van der Waals surface area contributed by atoms with Crippen LogP contribution in [0.25, 0.3) is 5.69 Å². The molecular weight excluding hydrogens is 348 g/mol. The Morgan fingerprint density at radius 2 is 1.54 bits per heavy atom. The van der Waals surface area contributed by atoms with Crippen molar-refractivity contribution in [1.82, 2.24) is 9.78 Å². The Morgan fingerprint density at radius 3 is 2.14 bits per heavy atom. The smallest absolute Gasteiger partial charge is 0.279 e. The van der Waals surface area contributed by atoms with E-state index in [1.165, 1.54) is 16.7 Å². The standard InChI is InChI=1S/C23H28N4O/c1-16-6-10-20(11-7-16)14-26(5)15-22(28)24-23-18(3)25-27(19(23)4)21-12-8-17(2)9-13-21/h6-13H,14-15H2,1-5H3,(H,24,28)/p+1. The summed E-state index contributed by atoms with van der Waals surface area (Å²) in [6.45, 7) is 9.27. The molecule has 0 saturated carbocycles. The molecule has 1 heterocycles. The van der Waals surface area contributed by atoms with Gasteiger partial charge in [0.15, 0.2) is 6.54 Å². The molecule has 1 amide bonds. The topological polar surface area (TPSA) is 51.4 Å². The predicted octanol–water partition coefficient (Wildman–Crippen LogP) is 2.76. The lowest BCUT2D eigenvalue weighted by Gasteiger charge is -2.14. The highest BCUT2D eigenvalue weighted by Crippen LogP contribution is 2.22. The molecule has 28 heavy (non-hydrogen) atoms. The molecule has 0 bridgehead atoms. The van der Waals surface area contributed by atoms with E-state index >= 15 is 0 Å². The molecule has 2 N–H and O–H groups in total. The van der Waals surface area contributed by atoms with Crippen molar-refractivity contribution in [3.8, 4) is 5.69 Å². The molecule has 5 heteroatoms. The van der Waals surface area contributed by atoms with Crippen LogP contribution in [0.1, 0.15) is 28.1 Å². The molecule has 1 unspecified atom stereocenters. The average molecular weight is 378 g/mol. The fourth-order valence-electron chi connectivity index (χ4n) is 3.34. The van der Waals surface area contributed by atoms with Crippen molar-refractivity contribution in [2.24, 2.45) is 0 Å². The summed E-state index contributed by atoms with van der Waals surface area (Å²) in [5.41, 5.74) is 7.24. The van der Waals surface area contributed by atoms with Crippen molar-refractivity contribution >= 4 is 11.6 Å². The molecule has 2 aromatic carbocycles. The summed E-state index contributed by atoms with van der Waals surface area (Å²) in [4.78, 5) is 13.7. The van der Waals surface area contributed by atoms with Gasteiger partial charge in [0, 0.05) is 5.56 Å². The van der Waals surface area contributed by atoms with Crippen molar-refractivity contribution < 1.29 is 9.69 Å². The lowest BCUT2D eigenvalue weighted by Crippen LogP contribution is -3.08. The van der Waals surface area contributed by atoms with Crippen LogP contribution in [0.4, 0.5) is 5.69 Å². The maximum atomic E-state index is 12.6. The van der Waals surface area contributed by atoms with Gasteiger partial charge >= 0.3 is 0 Å². The maximum Gasteiger partial charge on any atom is 0.279 e. The Morgan fingerprint density at radius 1 is 0.964 bits per heavy atom. The third-order valence-corrected chi connectivity index (χ3v) is 4.92. The molecule has 0 aliphatic heterocycles. The number of rotatable bonds is 6. The van der Waals surface area contributed by atoms with Gasteiger partial charge in [-0.2, -0.15) is 5.10 Å². The van der Waals surface area contributed by atoms with E-state index in [9.17, 15) is 4.79 Å². The monoisotopic (exact) mass is 377 g/mol. The lowest BCUT2D eigenvalue weighted by molar-refractivity contribution is -0.885. The van der Waals surface area contributed by atoms with Gasteiger partial charge in [0.25, 0.3) is 5.91 Å². The number of nitrogens with one attached hydrogen (secondary N) is 2. The van der Waals surface area contributed by atoms with Gasteiger partial charge in [-0.15, -0.1) is 0 Å². The molecular formula is C23H29N4O+. The van der Waals surface area contributed by atoms with Crippen molar-refractivity contribution in [2.45, 2.75) is 34.2 Å². The maximum absolute atomic E-state index is 12.6. The van der Waals surface area contributed by atoms with E-state index in [4.69, 9.17) is 0 Å². The van der Waals surface area contributed by atoms with Gasteiger partial charge in [0.05, 0.1) is 29.8 Å². The van der Waals surface area contributed by atoms with Gasteiger partial charge < -0.3 is 10.2 Å². The summed E-state index contributed by atoms with van der Waals surface area (Å²) < 4.78 is 1.88. The minimum Gasteiger partial charge on any atom is -0.326 e. The molecule has 0 spiro atoms. The number of amides is 1. The van der Waals surface area contributed by atoms with Crippen LogP contribution in [-0.4, -0.2) is 29.3 Å². The Labute approximate surface area is 167 Å². The Balaban J connectivity index is 1.66. The lowest BCUT2D eigenvalue weighted by atomic mass is 10.1. The number of aryl methyl sites for hydroxylation is 3. The Bertz CT molecular complexity index is 956. The largest absolute Gasteiger partial charge is 0.326 e. The summed E-state index contributed by atoms with van der Waals surface area (Å²) in [5.74, 6) is -0.000678. The van der Waals surface area contributed by atoms with Gasteiger partial charge in [0.2, 0.25) is 0 Å². The minimum atomic E-state index is -0.000678. The highest BCUT2D eigenvalue weighted by atomic mass is 16.2. The number of quaternary nitrogens is 1. The first-order valence-corrected chi connectivity index (χ1v) is 9.63. The number of nitrogens with zero attached hydrogens (tertiary/aromatic N) is 2. The van der Waals surface area contributed by atoms with Crippen LogP contribution >= 0.6 is 0 Å². The van der Waals surface area contributed by atoms with E-state index in [-0.39, 0.29) is 5.91 Å². The zero-order valence-electron chi connectivity index (χ0n) is 17.3. The van der Waals surface area contributed by atoms with Crippen LogP contribution in [0.3, 0.4) is 0 Å². The first-order valence-electron chi connectivity index (χ1n) is 9.63. The van der Waals surface area contributed by atoms with Crippen molar-refractivity contribution in [1.29, 1.82) is 0 Å². The molecule has 0 fully saturated rings. The number of anilines is 1. The van der Waals surface area contributed by atoms with E-state index in [0.29, 0.717) is 6.54 Å². The highest BCUT2D eigenvalue weighted by molar-refractivity contribution is 5.92. The fourth-order valence-corrected chi connectivity index (χ4v) is 3.34. The Kier molecular flexibility index (Phi) is 5.95. The third kappa shape index (κ3) is 4.67. The summed E-state index contributed by atoms with van der Waals surface area (Å²) in [5, 5.41) is 7.68. The second kappa shape index (κ2) is 8.40. The van der Waals surface area contributed by atoms with E-state index in [0.717, 1.165) is 34.2 Å². The molecule has 3 rings (SSSR count). The molecule has 1 aromatic heterocycles. The van der Waals surface area contributed by atoms with E-state index in [1.54, 1.807) is 0 Å². The summed E-state index contributed by atoms with van der Waals surface area (Å²) in [7, 11) is 2.04. The van der Waals surface area contributed by atoms with Crippen molar-refractivity contribution in [3.05, 3.63) is 76.6 Å². The summed E-state index contributed by atoms with van der Waals surface area (Å²) in [6, 6.07) is 16.7. The molecule has 5 nitrogen and oxygen atoms in total. The summed E-state index contributed by atoms with van der Waals surface area (Å²) >= 11 is 0. The molecule has 3 aromatic rings. The number of aromatic nitrogens is 2. The van der Waals surface area contributed by atoms with E-state index in [2.05, 4.69) is 60.7 Å². The summed E-state index contributed by atoms with van der Waals surface area (Å²) in [6.07, 6.45) is 0. The molecule has 0 aliphatic carbocycles. The van der Waals surface area contributed by atoms with Crippen LogP contribution in [0.15, 0.2) is 48.5 Å².